The molecule has 2 aromatic carbocycles. The van der Waals surface area contributed by atoms with E-state index >= 15 is 0 Å². The Bertz CT molecular complexity index is 662. The van der Waals surface area contributed by atoms with Crippen LogP contribution in [0.3, 0.4) is 0 Å². The van der Waals surface area contributed by atoms with Gasteiger partial charge >= 0.3 is 0 Å². The molecule has 1 aliphatic heterocycles. The summed E-state index contributed by atoms with van der Waals surface area (Å²) >= 11 is 12.1. The number of hydrogen-bond acceptors (Lipinski definition) is 2. The summed E-state index contributed by atoms with van der Waals surface area (Å²) in [5.41, 5.74) is 7.75. The molecule has 3 rings (SSSR count). The maximum absolute atomic E-state index is 13.3. The second kappa shape index (κ2) is 5.24. The average molecular weight is 312 g/mol. The maximum Gasteiger partial charge on any atom is 0.127 e. The van der Waals surface area contributed by atoms with Gasteiger partial charge in [-0.1, -0.05) is 35.3 Å². The Hall–Kier alpha value is -1.29. The van der Waals surface area contributed by atoms with Gasteiger partial charge in [-0.15, -0.1) is 0 Å². The molecule has 0 aromatic heterocycles. The predicted molar refractivity (Wildman–Crippen MR) is 77.8 cm³/mol. The molecule has 2 nitrogen and oxygen atoms in total. The van der Waals surface area contributed by atoms with Gasteiger partial charge in [0.05, 0.1) is 0 Å². The van der Waals surface area contributed by atoms with Gasteiger partial charge in [0.1, 0.15) is 17.7 Å². The highest BCUT2D eigenvalue weighted by Gasteiger charge is 2.28. The summed E-state index contributed by atoms with van der Waals surface area (Å²) in [4.78, 5) is 0. The summed E-state index contributed by atoms with van der Waals surface area (Å²) in [6.45, 7) is 0. The van der Waals surface area contributed by atoms with Crippen molar-refractivity contribution in [3.8, 4) is 5.75 Å². The van der Waals surface area contributed by atoms with Crippen LogP contribution >= 0.6 is 23.2 Å². The molecule has 0 fully saturated rings. The van der Waals surface area contributed by atoms with Crippen molar-refractivity contribution in [1.29, 1.82) is 0 Å². The van der Waals surface area contributed by atoms with Crippen LogP contribution in [-0.4, -0.2) is 0 Å². The van der Waals surface area contributed by atoms with Crippen LogP contribution in [0.15, 0.2) is 36.4 Å². The molecule has 1 aliphatic rings. The standard InChI is InChI=1S/C15H12Cl2FNO/c16-8-1-3-10(12(17)5-8)15-7-13(19)11-4-2-9(18)6-14(11)20-15/h1-6,13,15H,7,19H2/t13-,15?/m0/s1. The number of nitrogens with two attached hydrogens (primary N) is 1. The normalized spacial score (nSPS) is 21.2. The molecule has 2 N–H and O–H groups in total. The third-order valence-electron chi connectivity index (χ3n) is 3.42. The van der Waals surface area contributed by atoms with Crippen LogP contribution < -0.4 is 10.5 Å². The van der Waals surface area contributed by atoms with Crippen LogP contribution in [0.1, 0.15) is 29.7 Å². The van der Waals surface area contributed by atoms with Crippen LogP contribution in [0, 0.1) is 5.82 Å². The van der Waals surface area contributed by atoms with Crippen molar-refractivity contribution in [2.24, 2.45) is 5.73 Å². The van der Waals surface area contributed by atoms with Crippen LogP contribution in [0.4, 0.5) is 4.39 Å². The number of halogens is 3. The molecule has 5 heteroatoms. The Morgan fingerprint density at radius 1 is 1.10 bits per heavy atom. The van der Waals surface area contributed by atoms with Gasteiger partial charge in [-0.25, -0.2) is 4.39 Å². The molecule has 0 saturated heterocycles. The van der Waals surface area contributed by atoms with Crippen LogP contribution in [-0.2, 0) is 0 Å². The van der Waals surface area contributed by atoms with Crippen LogP contribution in [0.2, 0.25) is 10.0 Å². The smallest absolute Gasteiger partial charge is 0.127 e. The predicted octanol–water partition coefficient (Wildman–Crippen LogP) is 4.66. The summed E-state index contributed by atoms with van der Waals surface area (Å²) in [6, 6.07) is 9.41. The van der Waals surface area contributed by atoms with Gasteiger partial charge < -0.3 is 10.5 Å². The van der Waals surface area contributed by atoms with E-state index in [2.05, 4.69) is 0 Å². The zero-order valence-corrected chi connectivity index (χ0v) is 12.0. The van der Waals surface area contributed by atoms with Gasteiger partial charge in [-0.3, -0.25) is 0 Å². The third kappa shape index (κ3) is 2.49. The molecule has 2 atom stereocenters. The Morgan fingerprint density at radius 2 is 1.85 bits per heavy atom. The quantitative estimate of drug-likeness (QED) is 0.831. The van der Waals surface area contributed by atoms with Gasteiger partial charge in [0, 0.05) is 39.7 Å². The number of hydrogen-bond donors (Lipinski definition) is 1. The number of ether oxygens (including phenoxy) is 1. The molecule has 0 amide bonds. The Kier molecular flexibility index (Phi) is 3.59. The van der Waals surface area contributed by atoms with E-state index in [0.717, 1.165) is 11.1 Å². The monoisotopic (exact) mass is 311 g/mol. The SMILES string of the molecule is N[C@H]1CC(c2ccc(Cl)cc2Cl)Oc2cc(F)ccc21. The molecular formula is C15H12Cl2FNO. The third-order valence-corrected chi connectivity index (χ3v) is 3.98. The fourth-order valence-electron chi connectivity index (χ4n) is 2.43. The fourth-order valence-corrected chi connectivity index (χ4v) is 2.96. The van der Waals surface area contributed by atoms with E-state index in [4.69, 9.17) is 33.7 Å². The van der Waals surface area contributed by atoms with Crippen LogP contribution in [0.25, 0.3) is 0 Å². The first-order valence-electron chi connectivity index (χ1n) is 6.21. The average Bonchev–Trinajstić information content (AvgIpc) is 2.37. The molecule has 0 spiro atoms. The minimum Gasteiger partial charge on any atom is -0.485 e. The zero-order chi connectivity index (χ0) is 14.3. The van der Waals surface area contributed by atoms with Gasteiger partial charge in [0.15, 0.2) is 0 Å². The van der Waals surface area contributed by atoms with Crippen molar-refractivity contribution in [2.45, 2.75) is 18.6 Å². The molecule has 104 valence electrons. The molecule has 2 aromatic rings. The molecular weight excluding hydrogens is 300 g/mol. The largest absolute Gasteiger partial charge is 0.485 e. The molecule has 0 bridgehead atoms. The maximum atomic E-state index is 13.3. The summed E-state index contributed by atoms with van der Waals surface area (Å²) in [5, 5.41) is 1.08. The molecule has 0 saturated carbocycles. The summed E-state index contributed by atoms with van der Waals surface area (Å²) < 4.78 is 19.2. The lowest BCUT2D eigenvalue weighted by atomic mass is 9.93. The molecule has 0 aliphatic carbocycles. The van der Waals surface area contributed by atoms with Crippen molar-refractivity contribution in [1.82, 2.24) is 0 Å². The number of benzene rings is 2. The highest BCUT2D eigenvalue weighted by molar-refractivity contribution is 6.35. The van der Waals surface area contributed by atoms with Gasteiger partial charge in [0.25, 0.3) is 0 Å². The molecule has 1 unspecified atom stereocenters. The second-order valence-electron chi connectivity index (χ2n) is 4.80. The minimum atomic E-state index is -0.348. The van der Waals surface area contributed by atoms with Gasteiger partial charge in [0.2, 0.25) is 0 Å². The lowest BCUT2D eigenvalue weighted by Crippen LogP contribution is -2.24. The number of rotatable bonds is 1. The number of fused-ring (bicyclic) bond motifs is 1. The van der Waals surface area contributed by atoms with Crippen molar-refractivity contribution >= 4 is 23.2 Å². The van der Waals surface area contributed by atoms with E-state index in [9.17, 15) is 4.39 Å². The van der Waals surface area contributed by atoms with E-state index in [0.29, 0.717) is 22.2 Å². The Labute approximate surface area is 126 Å². The molecule has 1 heterocycles. The summed E-state index contributed by atoms with van der Waals surface area (Å²) in [5.74, 6) is 0.124. The first kappa shape index (κ1) is 13.7. The molecule has 20 heavy (non-hydrogen) atoms. The Morgan fingerprint density at radius 3 is 2.60 bits per heavy atom. The van der Waals surface area contributed by atoms with Crippen molar-refractivity contribution in [3.05, 3.63) is 63.4 Å². The first-order valence-corrected chi connectivity index (χ1v) is 6.97. The first-order chi connectivity index (χ1) is 9.54. The van der Waals surface area contributed by atoms with E-state index in [1.54, 1.807) is 18.2 Å². The summed E-state index contributed by atoms with van der Waals surface area (Å²) in [7, 11) is 0. The highest BCUT2D eigenvalue weighted by atomic mass is 35.5. The summed E-state index contributed by atoms with van der Waals surface area (Å²) in [6.07, 6.45) is 0.282. The zero-order valence-electron chi connectivity index (χ0n) is 10.4. The Balaban J connectivity index is 1.98. The van der Waals surface area contributed by atoms with E-state index < -0.39 is 0 Å². The van der Waals surface area contributed by atoms with Gasteiger partial charge in [-0.2, -0.15) is 0 Å². The lowest BCUT2D eigenvalue weighted by Gasteiger charge is -2.31. The highest BCUT2D eigenvalue weighted by Crippen LogP contribution is 2.41. The van der Waals surface area contributed by atoms with Crippen LogP contribution in [0.5, 0.6) is 5.75 Å². The van der Waals surface area contributed by atoms with Crippen molar-refractivity contribution in [3.63, 3.8) is 0 Å². The lowest BCUT2D eigenvalue weighted by molar-refractivity contribution is 0.161. The van der Waals surface area contributed by atoms with Crippen molar-refractivity contribution in [2.75, 3.05) is 0 Å². The van der Waals surface area contributed by atoms with E-state index in [1.165, 1.54) is 12.1 Å². The topological polar surface area (TPSA) is 35.2 Å². The van der Waals surface area contributed by atoms with Gasteiger partial charge in [-0.05, 0) is 18.2 Å². The van der Waals surface area contributed by atoms with E-state index in [1.807, 2.05) is 6.07 Å². The fraction of sp³-hybridized carbons (Fsp3) is 0.200. The minimum absolute atomic E-state index is 0.212. The van der Waals surface area contributed by atoms with E-state index in [-0.39, 0.29) is 18.0 Å². The molecule has 0 radical (unpaired) electrons. The van der Waals surface area contributed by atoms with Crippen molar-refractivity contribution < 1.29 is 9.13 Å². The second-order valence-corrected chi connectivity index (χ2v) is 5.64.